The Bertz CT molecular complexity index is 1100. The Labute approximate surface area is 195 Å². The van der Waals surface area contributed by atoms with Gasteiger partial charge >= 0.3 is 0 Å². The fourth-order valence-electron chi connectivity index (χ4n) is 4.86. The third kappa shape index (κ3) is 4.97. The first kappa shape index (κ1) is 23.1. The summed E-state index contributed by atoms with van der Waals surface area (Å²) in [5.41, 5.74) is 2.17. The van der Waals surface area contributed by atoms with Gasteiger partial charge in [0.05, 0.1) is 24.1 Å². The SMILES string of the molecule is CCc1nc2ccc(C(=O)N(C)Cc3ccco3)cn2c1N(CC)C(=O)CCC1CCCC1. The van der Waals surface area contributed by atoms with Crippen LogP contribution in [0.1, 0.15) is 74.2 Å². The number of pyridine rings is 1. The van der Waals surface area contributed by atoms with Gasteiger partial charge in [-0.05, 0) is 49.9 Å². The van der Waals surface area contributed by atoms with Gasteiger partial charge in [-0.3, -0.25) is 18.9 Å². The topological polar surface area (TPSA) is 71.1 Å². The molecule has 0 radical (unpaired) electrons. The first-order valence-electron chi connectivity index (χ1n) is 12.1. The van der Waals surface area contributed by atoms with E-state index in [4.69, 9.17) is 9.40 Å². The van der Waals surface area contributed by atoms with E-state index in [2.05, 4.69) is 0 Å². The number of carbonyl (C=O) groups is 2. The molecule has 0 spiro atoms. The van der Waals surface area contributed by atoms with Crippen molar-refractivity contribution in [2.45, 2.75) is 65.3 Å². The first-order valence-corrected chi connectivity index (χ1v) is 12.1. The van der Waals surface area contributed by atoms with E-state index in [1.165, 1.54) is 25.7 Å². The van der Waals surface area contributed by atoms with E-state index in [0.717, 1.165) is 29.3 Å². The van der Waals surface area contributed by atoms with Crippen molar-refractivity contribution in [3.8, 4) is 0 Å². The summed E-state index contributed by atoms with van der Waals surface area (Å²) in [6, 6.07) is 7.32. The minimum absolute atomic E-state index is 0.110. The van der Waals surface area contributed by atoms with Crippen LogP contribution in [0.5, 0.6) is 0 Å². The lowest BCUT2D eigenvalue weighted by atomic mass is 10.0. The highest BCUT2D eigenvalue weighted by molar-refractivity contribution is 5.95. The molecule has 0 saturated heterocycles. The van der Waals surface area contributed by atoms with Crippen molar-refractivity contribution in [1.82, 2.24) is 14.3 Å². The van der Waals surface area contributed by atoms with Crippen molar-refractivity contribution in [3.63, 3.8) is 0 Å². The second-order valence-corrected chi connectivity index (χ2v) is 8.95. The predicted molar refractivity (Wildman–Crippen MR) is 128 cm³/mol. The van der Waals surface area contributed by atoms with Gasteiger partial charge in [0, 0.05) is 26.2 Å². The molecule has 3 aromatic heterocycles. The van der Waals surface area contributed by atoms with Crippen LogP contribution in [-0.4, -0.2) is 39.7 Å². The molecular formula is C26H34N4O3. The Kier molecular flexibility index (Phi) is 7.16. The largest absolute Gasteiger partial charge is 0.467 e. The van der Waals surface area contributed by atoms with Crippen LogP contribution in [0.4, 0.5) is 5.82 Å². The summed E-state index contributed by atoms with van der Waals surface area (Å²) in [5.74, 6) is 2.21. The van der Waals surface area contributed by atoms with Gasteiger partial charge in [-0.25, -0.2) is 4.98 Å². The van der Waals surface area contributed by atoms with Crippen LogP contribution in [0, 0.1) is 5.92 Å². The molecule has 7 heteroatoms. The van der Waals surface area contributed by atoms with Crippen molar-refractivity contribution < 1.29 is 14.0 Å². The van der Waals surface area contributed by atoms with E-state index in [-0.39, 0.29) is 11.8 Å². The van der Waals surface area contributed by atoms with Crippen molar-refractivity contribution in [2.75, 3.05) is 18.5 Å². The zero-order valence-corrected chi connectivity index (χ0v) is 19.9. The lowest BCUT2D eigenvalue weighted by molar-refractivity contribution is -0.118. The first-order chi connectivity index (χ1) is 16.0. The van der Waals surface area contributed by atoms with Crippen molar-refractivity contribution in [2.24, 2.45) is 5.92 Å². The molecular weight excluding hydrogens is 416 g/mol. The van der Waals surface area contributed by atoms with Gasteiger partial charge in [-0.1, -0.05) is 32.6 Å². The zero-order valence-electron chi connectivity index (χ0n) is 19.9. The molecule has 0 atom stereocenters. The second kappa shape index (κ2) is 10.2. The molecule has 0 aromatic carbocycles. The number of hydrogen-bond acceptors (Lipinski definition) is 4. The average molecular weight is 451 g/mol. The van der Waals surface area contributed by atoms with Crippen molar-refractivity contribution in [3.05, 3.63) is 53.7 Å². The van der Waals surface area contributed by atoms with Crippen LogP contribution in [0.15, 0.2) is 41.1 Å². The number of rotatable bonds is 9. The minimum Gasteiger partial charge on any atom is -0.467 e. The minimum atomic E-state index is -0.110. The van der Waals surface area contributed by atoms with Crippen LogP contribution < -0.4 is 4.90 Å². The Hall–Kier alpha value is -3.09. The molecule has 2 amide bonds. The molecule has 7 nitrogen and oxygen atoms in total. The summed E-state index contributed by atoms with van der Waals surface area (Å²) in [6.45, 7) is 5.01. The average Bonchev–Trinajstić information content (AvgIpc) is 3.59. The Morgan fingerprint density at radius 2 is 1.97 bits per heavy atom. The molecule has 176 valence electrons. The van der Waals surface area contributed by atoms with Crippen LogP contribution in [0.2, 0.25) is 0 Å². The van der Waals surface area contributed by atoms with Crippen molar-refractivity contribution in [1.29, 1.82) is 0 Å². The highest BCUT2D eigenvalue weighted by atomic mass is 16.3. The van der Waals surface area contributed by atoms with E-state index >= 15 is 0 Å². The van der Waals surface area contributed by atoms with Gasteiger partial charge in [0.1, 0.15) is 17.2 Å². The molecule has 0 N–H and O–H groups in total. The zero-order chi connectivity index (χ0) is 23.4. The van der Waals surface area contributed by atoms with Crippen LogP contribution >= 0.6 is 0 Å². The number of aryl methyl sites for hydroxylation is 1. The molecule has 33 heavy (non-hydrogen) atoms. The molecule has 0 unspecified atom stereocenters. The lowest BCUT2D eigenvalue weighted by Gasteiger charge is -2.23. The number of hydrogen-bond donors (Lipinski definition) is 0. The third-order valence-electron chi connectivity index (χ3n) is 6.68. The Morgan fingerprint density at radius 3 is 2.64 bits per heavy atom. The maximum absolute atomic E-state index is 13.2. The maximum Gasteiger partial charge on any atom is 0.255 e. The van der Waals surface area contributed by atoms with E-state index < -0.39 is 0 Å². The molecule has 0 bridgehead atoms. The second-order valence-electron chi connectivity index (χ2n) is 8.95. The number of anilines is 1. The number of amides is 2. The van der Waals surface area contributed by atoms with E-state index in [9.17, 15) is 9.59 Å². The van der Waals surface area contributed by atoms with Crippen LogP contribution in [0.25, 0.3) is 5.65 Å². The van der Waals surface area contributed by atoms with Gasteiger partial charge < -0.3 is 9.32 Å². The smallest absolute Gasteiger partial charge is 0.255 e. The fourth-order valence-corrected chi connectivity index (χ4v) is 4.86. The highest BCUT2D eigenvalue weighted by Gasteiger charge is 2.25. The monoisotopic (exact) mass is 450 g/mol. The summed E-state index contributed by atoms with van der Waals surface area (Å²) in [7, 11) is 1.76. The Morgan fingerprint density at radius 1 is 1.18 bits per heavy atom. The maximum atomic E-state index is 13.2. The highest BCUT2D eigenvalue weighted by Crippen LogP contribution is 2.30. The molecule has 0 aliphatic heterocycles. The summed E-state index contributed by atoms with van der Waals surface area (Å²) in [6.07, 6.45) is 10.7. The number of carbonyl (C=O) groups excluding carboxylic acids is 2. The van der Waals surface area contributed by atoms with Crippen LogP contribution in [-0.2, 0) is 17.8 Å². The van der Waals surface area contributed by atoms with Gasteiger partial charge in [0.15, 0.2) is 0 Å². The third-order valence-corrected chi connectivity index (χ3v) is 6.68. The summed E-state index contributed by atoms with van der Waals surface area (Å²) < 4.78 is 7.28. The standard InChI is InChI=1S/C26H34N4O3/c1-4-22-25(29(5-2)24(31)15-12-19-9-6-7-10-19)30-17-20(13-14-23(30)27-22)26(32)28(3)18-21-11-8-16-33-21/h8,11,13-14,16-17,19H,4-7,9-10,12,15,18H2,1-3H3. The van der Waals surface area contributed by atoms with Crippen molar-refractivity contribution >= 4 is 23.3 Å². The van der Waals surface area contributed by atoms with Gasteiger partial charge in [-0.15, -0.1) is 0 Å². The van der Waals surface area contributed by atoms with E-state index in [0.29, 0.717) is 37.4 Å². The number of nitrogens with zero attached hydrogens (tertiary/aromatic N) is 4. The van der Waals surface area contributed by atoms with Crippen LogP contribution in [0.3, 0.4) is 0 Å². The molecule has 1 aliphatic carbocycles. The fraction of sp³-hybridized carbons (Fsp3) is 0.500. The molecule has 3 aromatic rings. The number of furan rings is 1. The normalized spacial score (nSPS) is 14.2. The van der Waals surface area contributed by atoms with E-state index in [1.54, 1.807) is 24.3 Å². The number of aromatic nitrogens is 2. The summed E-state index contributed by atoms with van der Waals surface area (Å²) in [4.78, 5) is 34.6. The number of imidazole rings is 1. The molecule has 1 saturated carbocycles. The van der Waals surface area contributed by atoms with E-state index in [1.807, 2.05) is 47.5 Å². The lowest BCUT2D eigenvalue weighted by Crippen LogP contribution is -2.32. The molecule has 1 fully saturated rings. The number of fused-ring (bicyclic) bond motifs is 1. The summed E-state index contributed by atoms with van der Waals surface area (Å²) in [5, 5.41) is 0. The van der Waals surface area contributed by atoms with Gasteiger partial charge in [-0.2, -0.15) is 0 Å². The predicted octanol–water partition coefficient (Wildman–Crippen LogP) is 5.09. The summed E-state index contributed by atoms with van der Waals surface area (Å²) >= 11 is 0. The van der Waals surface area contributed by atoms with Gasteiger partial charge in [0.2, 0.25) is 5.91 Å². The molecule has 3 heterocycles. The quantitative estimate of drug-likeness (QED) is 0.455. The molecule has 4 rings (SSSR count). The van der Waals surface area contributed by atoms with Gasteiger partial charge in [0.25, 0.3) is 5.91 Å². The Balaban J connectivity index is 1.60. The molecule has 1 aliphatic rings.